The molecule has 0 aromatic heterocycles. The number of amides is 2. The Hall–Kier alpha value is -2.00. The van der Waals surface area contributed by atoms with E-state index in [2.05, 4.69) is 21.1 Å². The van der Waals surface area contributed by atoms with Crippen LogP contribution in [0.25, 0.3) is 0 Å². The van der Waals surface area contributed by atoms with Gasteiger partial charge in [-0.2, -0.15) is 16.0 Å². The van der Waals surface area contributed by atoms with E-state index in [4.69, 9.17) is 5.90 Å². The van der Waals surface area contributed by atoms with Crippen LogP contribution in [0.5, 0.6) is 0 Å². The maximum absolute atomic E-state index is 12.0. The Morgan fingerprint density at radius 2 is 1.69 bits per heavy atom. The average Bonchev–Trinajstić information content (AvgIpc) is 3.32. The Morgan fingerprint density at radius 1 is 1.02 bits per heavy atom. The monoisotopic (exact) mass is 728 g/mol. The molecule has 2 heterocycles. The van der Waals surface area contributed by atoms with Crippen molar-refractivity contribution < 1.29 is 91.6 Å². The number of urea groups is 1. The molecule has 2 aromatic carbocycles. The molecule has 2 aliphatic rings. The third-order valence-electron chi connectivity index (χ3n) is 8.68. The van der Waals surface area contributed by atoms with Gasteiger partial charge in [-0.15, -0.1) is 0 Å². The molecule has 5 N–H and O–H groups in total. The Morgan fingerprint density at radius 3 is 2.29 bits per heavy atom. The van der Waals surface area contributed by atoms with Crippen LogP contribution in [0.2, 0.25) is 0 Å². The molecule has 0 radical (unpaired) electrons. The normalized spacial score (nSPS) is 18.1. The number of anilines is 2. The summed E-state index contributed by atoms with van der Waals surface area (Å²) < 4.78 is 71.7. The second-order valence-electron chi connectivity index (χ2n) is 12.5. The summed E-state index contributed by atoms with van der Waals surface area (Å²) in [6, 6.07) is 10.3. The molecule has 17 heteroatoms. The van der Waals surface area contributed by atoms with Gasteiger partial charge in [0.2, 0.25) is 5.69 Å². The molecule has 0 saturated carbocycles. The average molecular weight is 729 g/mol. The van der Waals surface area contributed by atoms with Crippen molar-refractivity contribution in [2.24, 2.45) is 5.90 Å². The summed E-state index contributed by atoms with van der Waals surface area (Å²) >= 11 is 0. The van der Waals surface area contributed by atoms with Gasteiger partial charge in [-0.25, -0.2) is 26.6 Å². The summed E-state index contributed by atoms with van der Waals surface area (Å²) in [6.07, 6.45) is 5.46. The summed E-state index contributed by atoms with van der Waals surface area (Å²) in [5.41, 5.74) is 7.43. The minimum atomic E-state index is -4.53. The van der Waals surface area contributed by atoms with Crippen molar-refractivity contribution in [1.82, 2.24) is 10.8 Å². The van der Waals surface area contributed by atoms with Gasteiger partial charge in [0, 0.05) is 53.8 Å². The van der Waals surface area contributed by atoms with E-state index in [1.165, 1.54) is 7.05 Å². The number of fused-ring (bicyclic) bond motifs is 2. The number of carbonyl (C=O) groups excluding carboxylic acids is 1. The largest absolute Gasteiger partial charge is 1.00 e. The van der Waals surface area contributed by atoms with Crippen LogP contribution in [0.15, 0.2) is 60.3 Å². The molecule has 256 valence electrons. The number of rotatable bonds is 12. The van der Waals surface area contributed by atoms with Crippen molar-refractivity contribution in [3.63, 3.8) is 0 Å². The quantitative estimate of drug-likeness (QED) is 0.0957. The van der Waals surface area contributed by atoms with Crippen LogP contribution in [0.3, 0.4) is 0 Å². The minimum absolute atomic E-state index is 0. The van der Waals surface area contributed by atoms with Gasteiger partial charge >= 0.3 is 57.4 Å². The van der Waals surface area contributed by atoms with Crippen molar-refractivity contribution in [2.75, 3.05) is 41.9 Å². The van der Waals surface area contributed by atoms with Crippen LogP contribution in [-0.4, -0.2) is 73.9 Å². The minimum Gasteiger partial charge on any atom is -0.748 e. The van der Waals surface area contributed by atoms with E-state index < -0.39 is 48.6 Å². The topological polar surface area (TPSA) is 209 Å². The molecular weight excluding hydrogens is 688 g/mol. The van der Waals surface area contributed by atoms with Crippen molar-refractivity contribution in [3.05, 3.63) is 77.0 Å². The molecule has 0 bridgehead atoms. The third kappa shape index (κ3) is 9.01. The second kappa shape index (κ2) is 15.5. The van der Waals surface area contributed by atoms with Gasteiger partial charge < -0.3 is 24.6 Å². The van der Waals surface area contributed by atoms with Gasteiger partial charge in [-0.3, -0.25) is 0 Å². The first-order valence-electron chi connectivity index (χ1n) is 14.9. The molecule has 14 nitrogen and oxygen atoms in total. The molecule has 0 fully saturated rings. The number of hydroxylamine groups is 1. The van der Waals surface area contributed by atoms with E-state index in [0.717, 1.165) is 28.1 Å². The van der Waals surface area contributed by atoms with E-state index in [1.54, 1.807) is 22.8 Å². The zero-order chi connectivity index (χ0) is 34.9. The standard InChI is InChI=1S/C31H42N6O8S2.K/c1-20(35-45-32)21-10-12-25-23(18-21)30(2,3)27(36(25)14-16-46(39,40)41)8-7-9-28-31(4,5)24-19-22(34-29(38)33-6)11-13-26(24)37(28)15-17-47(42,43)44;/h7-13,18-20,35H,14-17,32H2,1-6H3,(H3-,33,34,38,39,40,41,42,43,44);/q;+1/p-1. The molecular formula is C31H41KN6O8S2. The fourth-order valence-corrected chi connectivity index (χ4v) is 7.01. The van der Waals surface area contributed by atoms with Gasteiger partial charge in [0.05, 0.1) is 33.1 Å². The number of benzene rings is 2. The van der Waals surface area contributed by atoms with Gasteiger partial charge in [-0.05, 0) is 56.2 Å². The second-order valence-corrected chi connectivity index (χ2v) is 15.6. The van der Waals surface area contributed by atoms with Crippen LogP contribution in [0, 0.1) is 0 Å². The van der Waals surface area contributed by atoms with E-state index in [0.29, 0.717) is 17.1 Å². The van der Waals surface area contributed by atoms with E-state index in [1.807, 2.05) is 75.9 Å². The van der Waals surface area contributed by atoms with Crippen LogP contribution >= 0.6 is 0 Å². The summed E-state index contributed by atoms with van der Waals surface area (Å²) in [7, 11) is -7.54. The summed E-state index contributed by atoms with van der Waals surface area (Å²) in [5.74, 6) is 3.98. The van der Waals surface area contributed by atoms with Crippen LogP contribution < -0.4 is 78.3 Å². The Balaban J connectivity index is 0.00000625. The molecule has 1 unspecified atom stereocenters. The van der Waals surface area contributed by atoms with Crippen molar-refractivity contribution >= 4 is 49.0 Å². The summed E-state index contributed by atoms with van der Waals surface area (Å²) in [4.78, 5) is 18.4. The smallest absolute Gasteiger partial charge is 0.748 e. The maximum atomic E-state index is 12.0. The van der Waals surface area contributed by atoms with Gasteiger partial charge in [0.1, 0.15) is 10.1 Å². The number of nitrogens with zero attached hydrogens (tertiary/aromatic N) is 2. The zero-order valence-corrected chi connectivity index (χ0v) is 32.9. The maximum Gasteiger partial charge on any atom is 1.00 e. The van der Waals surface area contributed by atoms with E-state index in [9.17, 15) is 30.7 Å². The van der Waals surface area contributed by atoms with Crippen molar-refractivity contribution in [3.8, 4) is 0 Å². The first-order valence-corrected chi connectivity index (χ1v) is 18.0. The van der Waals surface area contributed by atoms with Crippen LogP contribution in [0.1, 0.15) is 57.4 Å². The fraction of sp³-hybridized carbons (Fsp3) is 0.419. The molecule has 2 aliphatic heterocycles. The van der Waals surface area contributed by atoms with Crippen LogP contribution in [-0.2, 0) is 36.0 Å². The van der Waals surface area contributed by atoms with E-state index in [-0.39, 0.29) is 70.5 Å². The molecule has 1 atom stereocenters. The number of nitrogens with one attached hydrogen (secondary N) is 3. The molecule has 4 rings (SSSR count). The van der Waals surface area contributed by atoms with Gasteiger partial charge in [-0.1, -0.05) is 32.1 Å². The van der Waals surface area contributed by atoms with Crippen LogP contribution in [0.4, 0.5) is 21.9 Å². The molecule has 2 amide bonds. The molecule has 0 saturated heterocycles. The fourth-order valence-electron chi connectivity index (χ4n) is 6.20. The third-order valence-corrected chi connectivity index (χ3v) is 10.0. The van der Waals surface area contributed by atoms with E-state index >= 15 is 0 Å². The van der Waals surface area contributed by atoms with Gasteiger partial charge in [0.15, 0.2) is 12.3 Å². The molecule has 0 spiro atoms. The molecule has 2 aromatic rings. The first kappa shape index (κ1) is 40.4. The number of allylic oxidation sites excluding steroid dienone is 4. The molecule has 48 heavy (non-hydrogen) atoms. The SMILES string of the molecule is CNC(=O)Nc1ccc2c(c1)C(C)(C)C(C=C/C=C1/N(CCS(=O)(=O)[O-])c3ccc(C(C)NON)cc3C1(C)C)=[N+]2CCS(=O)(=O)[O-].[K+]. The number of hydrogen-bond donors (Lipinski definition) is 4. The predicted molar refractivity (Wildman–Crippen MR) is 177 cm³/mol. The summed E-state index contributed by atoms with van der Waals surface area (Å²) in [5, 5.41) is 5.26. The Kier molecular flexibility index (Phi) is 13.0. The number of nitrogens with two attached hydrogens (primary N) is 1. The predicted octanol–water partition coefficient (Wildman–Crippen LogP) is -0.398. The summed E-state index contributed by atoms with van der Waals surface area (Å²) in [6.45, 7) is 9.61. The Labute approximate surface area is 324 Å². The number of hydrogen-bond acceptors (Lipinski definition) is 11. The number of carbonyl (C=O) groups is 1. The Bertz CT molecular complexity index is 1870. The van der Waals surface area contributed by atoms with Crippen molar-refractivity contribution in [2.45, 2.75) is 51.5 Å². The molecule has 0 aliphatic carbocycles. The van der Waals surface area contributed by atoms with Gasteiger partial charge in [0.25, 0.3) is 0 Å². The first-order chi connectivity index (χ1) is 21.8. The zero-order valence-electron chi connectivity index (χ0n) is 28.2. The van der Waals surface area contributed by atoms with Crippen molar-refractivity contribution in [1.29, 1.82) is 0 Å².